The molecule has 1 fully saturated rings. The molecule has 0 amide bonds. The van der Waals surface area contributed by atoms with Gasteiger partial charge in [-0.1, -0.05) is 31.4 Å². The smallest absolute Gasteiger partial charge is 1.00 e. The van der Waals surface area contributed by atoms with Crippen LogP contribution in [0.15, 0.2) is 53.4 Å². The minimum absolute atomic E-state index is 0. The molecule has 2 N–H and O–H groups in total. The van der Waals surface area contributed by atoms with Gasteiger partial charge in [-0.3, -0.25) is 4.79 Å². The number of nitrogens with zero attached hydrogens (tertiary/aromatic N) is 1. The Hall–Kier alpha value is -1.45. The fraction of sp³-hybridized carbons (Fsp3) is 0.435. The molecule has 2 aromatic carbocycles. The van der Waals surface area contributed by atoms with Crippen LogP contribution in [-0.4, -0.2) is 35.5 Å². The number of rotatable bonds is 10. The number of phenols is 1. The molecule has 0 saturated carbocycles. The fourth-order valence-electron chi connectivity index (χ4n) is 4.32. The van der Waals surface area contributed by atoms with Gasteiger partial charge in [0.15, 0.2) is 0 Å². The standard InChI is InChI=1S/C23H28FNO5S.Na.H/c24-19-10-12-21(13-11-19)31(29,30)25-15-14-17(6-3-1-2-4-9-22(27)28)23(25)18-7-5-8-20(26)16-18;;/h5,7-8,10-13,16-17,23,26H,1-4,6,9,14-15H2,(H,27,28);;/q;+1;-1/t17-,23+;;/m1../s1. The van der Waals surface area contributed by atoms with Crippen molar-refractivity contribution < 1.29 is 58.8 Å². The molecule has 6 nitrogen and oxygen atoms in total. The van der Waals surface area contributed by atoms with Gasteiger partial charge in [-0.15, -0.1) is 0 Å². The van der Waals surface area contributed by atoms with E-state index < -0.39 is 27.9 Å². The van der Waals surface area contributed by atoms with Crippen molar-refractivity contribution >= 4 is 16.0 Å². The molecule has 0 aromatic heterocycles. The monoisotopic (exact) mass is 473 g/mol. The molecule has 1 saturated heterocycles. The van der Waals surface area contributed by atoms with Crippen molar-refractivity contribution in [3.63, 3.8) is 0 Å². The van der Waals surface area contributed by atoms with Gasteiger partial charge in [0.2, 0.25) is 10.0 Å². The number of halogens is 1. The zero-order valence-electron chi connectivity index (χ0n) is 19.3. The molecule has 2 aromatic rings. The Bertz CT molecular complexity index is 1010. The molecule has 0 radical (unpaired) electrons. The van der Waals surface area contributed by atoms with Crippen molar-refractivity contribution in [2.24, 2.45) is 5.92 Å². The van der Waals surface area contributed by atoms with Crippen LogP contribution in [0.1, 0.15) is 58.0 Å². The van der Waals surface area contributed by atoms with Crippen molar-refractivity contribution in [1.82, 2.24) is 4.31 Å². The quantitative estimate of drug-likeness (QED) is 0.406. The van der Waals surface area contributed by atoms with Crippen LogP contribution in [0.25, 0.3) is 0 Å². The van der Waals surface area contributed by atoms with Crippen molar-refractivity contribution in [3.05, 3.63) is 59.9 Å². The third-order valence-corrected chi connectivity index (χ3v) is 7.72. The average Bonchev–Trinajstić information content (AvgIpc) is 3.15. The van der Waals surface area contributed by atoms with Crippen LogP contribution in [0.4, 0.5) is 4.39 Å². The zero-order chi connectivity index (χ0) is 22.4. The number of carboxylic acid groups (broad SMARTS) is 1. The van der Waals surface area contributed by atoms with Gasteiger partial charge in [-0.2, -0.15) is 4.31 Å². The molecule has 9 heteroatoms. The van der Waals surface area contributed by atoms with Gasteiger partial charge in [0, 0.05) is 13.0 Å². The Kier molecular flexibility index (Phi) is 10.2. The molecule has 0 unspecified atom stereocenters. The number of benzene rings is 2. The maximum absolute atomic E-state index is 13.3. The number of carboxylic acids is 1. The van der Waals surface area contributed by atoms with Crippen molar-refractivity contribution in [3.8, 4) is 5.75 Å². The van der Waals surface area contributed by atoms with Crippen molar-refractivity contribution in [2.75, 3.05) is 6.54 Å². The van der Waals surface area contributed by atoms with Crippen LogP contribution in [0.3, 0.4) is 0 Å². The van der Waals surface area contributed by atoms with Crippen LogP contribution < -0.4 is 29.6 Å². The first-order valence-electron chi connectivity index (χ1n) is 10.6. The molecule has 170 valence electrons. The third-order valence-electron chi connectivity index (χ3n) is 5.82. The second-order valence-corrected chi connectivity index (χ2v) is 9.90. The van der Waals surface area contributed by atoms with E-state index in [0.717, 1.165) is 43.4 Å². The Balaban J connectivity index is 0.00000272. The number of aliphatic carboxylic acids is 1. The van der Waals surface area contributed by atoms with Crippen molar-refractivity contribution in [2.45, 2.75) is 55.9 Å². The molecule has 2 atom stereocenters. The van der Waals surface area contributed by atoms with E-state index in [0.29, 0.717) is 19.4 Å². The van der Waals surface area contributed by atoms with Crippen LogP contribution >= 0.6 is 0 Å². The zero-order valence-corrected chi connectivity index (χ0v) is 21.1. The normalized spacial score (nSPS) is 18.9. The maximum atomic E-state index is 13.3. The number of unbranched alkanes of at least 4 members (excludes halogenated alkanes) is 3. The summed E-state index contributed by atoms with van der Waals surface area (Å²) in [5.41, 5.74) is 0.735. The molecule has 3 rings (SSSR count). The van der Waals surface area contributed by atoms with Gasteiger partial charge in [-0.05, 0) is 67.1 Å². The van der Waals surface area contributed by atoms with Crippen LogP contribution in [-0.2, 0) is 14.8 Å². The van der Waals surface area contributed by atoms with Crippen LogP contribution in [0, 0.1) is 11.7 Å². The first kappa shape index (κ1) is 26.8. The molecule has 0 spiro atoms. The molecule has 0 bridgehead atoms. The predicted octanol–water partition coefficient (Wildman–Crippen LogP) is 1.82. The summed E-state index contributed by atoms with van der Waals surface area (Å²) in [6.07, 6.45) is 4.90. The largest absolute Gasteiger partial charge is 1.00 e. The summed E-state index contributed by atoms with van der Waals surface area (Å²) in [5.74, 6) is -1.13. The van der Waals surface area contributed by atoms with E-state index in [-0.39, 0.29) is 54.0 Å². The number of carbonyl (C=O) groups is 1. The van der Waals surface area contributed by atoms with E-state index in [1.54, 1.807) is 18.2 Å². The Morgan fingerprint density at radius 2 is 1.78 bits per heavy atom. The van der Waals surface area contributed by atoms with Crippen LogP contribution in [0.2, 0.25) is 0 Å². The maximum Gasteiger partial charge on any atom is 1.00 e. The first-order valence-corrected chi connectivity index (χ1v) is 12.0. The number of hydrogen-bond acceptors (Lipinski definition) is 4. The molecule has 1 aliphatic heterocycles. The van der Waals surface area contributed by atoms with Gasteiger partial charge in [0.05, 0.1) is 10.9 Å². The van der Waals surface area contributed by atoms with Gasteiger partial charge < -0.3 is 11.6 Å². The SMILES string of the molecule is O=C(O)CCCCCC[C@@H]1CCN(S(=O)(=O)c2ccc(F)cc2)[C@@H]1c1cccc(O)c1.[H-].[Na+]. The van der Waals surface area contributed by atoms with E-state index in [9.17, 15) is 22.7 Å². The molecule has 1 aliphatic rings. The summed E-state index contributed by atoms with van der Waals surface area (Å²) in [4.78, 5) is 10.7. The topological polar surface area (TPSA) is 94.9 Å². The second-order valence-electron chi connectivity index (χ2n) is 8.00. The fourth-order valence-corrected chi connectivity index (χ4v) is 6.01. The third kappa shape index (κ3) is 6.78. The second kappa shape index (κ2) is 12.1. The van der Waals surface area contributed by atoms with Gasteiger partial charge >= 0.3 is 35.5 Å². The number of sulfonamides is 1. The molecule has 1 heterocycles. The summed E-state index contributed by atoms with van der Waals surface area (Å²) in [6, 6.07) is 11.1. The minimum atomic E-state index is -3.83. The predicted molar refractivity (Wildman–Crippen MR) is 116 cm³/mol. The minimum Gasteiger partial charge on any atom is -1.00 e. The summed E-state index contributed by atoms with van der Waals surface area (Å²) in [6.45, 7) is 0.351. The van der Waals surface area contributed by atoms with E-state index in [2.05, 4.69) is 0 Å². The van der Waals surface area contributed by atoms with E-state index in [1.165, 1.54) is 16.4 Å². The van der Waals surface area contributed by atoms with E-state index in [4.69, 9.17) is 5.11 Å². The Morgan fingerprint density at radius 1 is 1.09 bits per heavy atom. The summed E-state index contributed by atoms with van der Waals surface area (Å²) >= 11 is 0. The Morgan fingerprint density at radius 3 is 2.44 bits per heavy atom. The van der Waals surface area contributed by atoms with E-state index >= 15 is 0 Å². The number of hydrogen-bond donors (Lipinski definition) is 2. The summed E-state index contributed by atoms with van der Waals surface area (Å²) in [5, 5.41) is 18.7. The van der Waals surface area contributed by atoms with Gasteiger partial charge in [0.1, 0.15) is 11.6 Å². The summed E-state index contributed by atoms with van der Waals surface area (Å²) < 4.78 is 41.4. The van der Waals surface area contributed by atoms with Crippen LogP contribution in [0.5, 0.6) is 5.75 Å². The van der Waals surface area contributed by atoms with Crippen molar-refractivity contribution in [1.29, 1.82) is 0 Å². The molecular formula is C23H29FNNaO5S. The van der Waals surface area contributed by atoms with Gasteiger partial charge in [0.25, 0.3) is 0 Å². The number of aromatic hydroxyl groups is 1. The molecule has 0 aliphatic carbocycles. The molecular weight excluding hydrogens is 444 g/mol. The van der Waals surface area contributed by atoms with Gasteiger partial charge in [-0.25, -0.2) is 12.8 Å². The number of phenolic OH excluding ortho intramolecular Hbond substituents is 1. The van der Waals surface area contributed by atoms with E-state index in [1.807, 2.05) is 6.07 Å². The summed E-state index contributed by atoms with van der Waals surface area (Å²) in [7, 11) is -3.83. The molecule has 32 heavy (non-hydrogen) atoms. The first-order chi connectivity index (χ1) is 14.8. The Labute approximate surface area is 212 Å². The average molecular weight is 474 g/mol.